The lowest BCUT2D eigenvalue weighted by molar-refractivity contribution is -0.139. The molecule has 0 radical (unpaired) electrons. The quantitative estimate of drug-likeness (QED) is 0.736. The highest BCUT2D eigenvalue weighted by molar-refractivity contribution is 5.75. The number of nitrogens with one attached hydrogen (secondary N) is 1. The molecule has 3 nitrogen and oxygen atoms in total. The number of hydrogen-bond acceptors (Lipinski definition) is 2. The van der Waals surface area contributed by atoms with Crippen molar-refractivity contribution in [3.8, 4) is 0 Å². The van der Waals surface area contributed by atoms with E-state index in [9.17, 15) is 4.79 Å². The number of rotatable bonds is 3. The first-order valence-corrected chi connectivity index (χ1v) is 4.12. The Bertz CT molecular complexity index is 292. The second kappa shape index (κ2) is 4.05. The highest BCUT2D eigenvalue weighted by atomic mass is 16.4. The molecule has 0 unspecified atom stereocenters. The van der Waals surface area contributed by atoms with Crippen molar-refractivity contribution < 1.29 is 9.90 Å². The number of hydrogen-bond donors (Lipinski definition) is 2. The van der Waals surface area contributed by atoms with Gasteiger partial charge in [-0.3, -0.25) is 4.79 Å². The van der Waals surface area contributed by atoms with Crippen LogP contribution in [0.15, 0.2) is 24.3 Å². The summed E-state index contributed by atoms with van der Waals surface area (Å²) in [6.07, 6.45) is 0. The van der Waals surface area contributed by atoms with Crippen molar-refractivity contribution in [2.45, 2.75) is 13.0 Å². The Kier molecular flexibility index (Phi) is 3.03. The summed E-state index contributed by atoms with van der Waals surface area (Å²) in [4.78, 5) is 10.8. The van der Waals surface area contributed by atoms with Crippen molar-refractivity contribution in [2.75, 3.05) is 7.05 Å². The number of aliphatic carboxylic acids is 1. The summed E-state index contributed by atoms with van der Waals surface area (Å²) in [5.74, 6) is -0.855. The van der Waals surface area contributed by atoms with Gasteiger partial charge < -0.3 is 10.4 Å². The van der Waals surface area contributed by atoms with Crippen molar-refractivity contribution in [3.63, 3.8) is 0 Å². The average molecular weight is 179 g/mol. The molecule has 1 atom stereocenters. The van der Waals surface area contributed by atoms with Crippen molar-refractivity contribution in [1.82, 2.24) is 5.32 Å². The van der Waals surface area contributed by atoms with Gasteiger partial charge in [0.2, 0.25) is 0 Å². The highest BCUT2D eigenvalue weighted by Gasteiger charge is 2.16. The van der Waals surface area contributed by atoms with Gasteiger partial charge in [-0.2, -0.15) is 0 Å². The summed E-state index contributed by atoms with van der Waals surface area (Å²) in [5.41, 5.74) is 1.91. The zero-order valence-corrected chi connectivity index (χ0v) is 7.74. The van der Waals surface area contributed by atoms with Crippen molar-refractivity contribution in [3.05, 3.63) is 35.4 Å². The first kappa shape index (κ1) is 9.74. The molecular formula is C10H13NO2. The Balaban J connectivity index is 2.92. The highest BCUT2D eigenvalue weighted by Crippen LogP contribution is 2.13. The summed E-state index contributed by atoms with van der Waals surface area (Å²) in [7, 11) is 1.64. The van der Waals surface area contributed by atoms with E-state index in [1.165, 1.54) is 0 Å². The van der Waals surface area contributed by atoms with E-state index in [1.807, 2.05) is 31.2 Å². The first-order chi connectivity index (χ1) is 6.15. The number of carboxylic acids is 1. The molecule has 0 spiro atoms. The van der Waals surface area contributed by atoms with Crippen LogP contribution in [0.5, 0.6) is 0 Å². The molecule has 70 valence electrons. The molecule has 1 rings (SSSR count). The van der Waals surface area contributed by atoms with Gasteiger partial charge >= 0.3 is 5.97 Å². The summed E-state index contributed by atoms with van der Waals surface area (Å²) in [5, 5.41) is 11.6. The summed E-state index contributed by atoms with van der Waals surface area (Å²) in [6.45, 7) is 1.97. The predicted molar refractivity (Wildman–Crippen MR) is 50.6 cm³/mol. The van der Waals surface area contributed by atoms with Crippen LogP contribution in [0.2, 0.25) is 0 Å². The maximum atomic E-state index is 10.8. The molecule has 0 aliphatic carbocycles. The van der Waals surface area contributed by atoms with Gasteiger partial charge in [-0.15, -0.1) is 0 Å². The summed E-state index contributed by atoms with van der Waals surface area (Å²) in [6, 6.07) is 6.85. The summed E-state index contributed by atoms with van der Waals surface area (Å²) < 4.78 is 0. The Morgan fingerprint density at radius 3 is 2.31 bits per heavy atom. The van der Waals surface area contributed by atoms with Crippen LogP contribution < -0.4 is 5.32 Å². The molecule has 13 heavy (non-hydrogen) atoms. The van der Waals surface area contributed by atoms with Gasteiger partial charge in [0.15, 0.2) is 0 Å². The average Bonchev–Trinajstić information content (AvgIpc) is 2.09. The second-order valence-electron chi connectivity index (χ2n) is 2.97. The third-order valence-electron chi connectivity index (χ3n) is 1.95. The van der Waals surface area contributed by atoms with E-state index in [4.69, 9.17) is 5.11 Å². The van der Waals surface area contributed by atoms with E-state index in [1.54, 1.807) is 7.05 Å². The third kappa shape index (κ3) is 2.29. The molecule has 1 aromatic carbocycles. The maximum Gasteiger partial charge on any atom is 0.325 e. The standard InChI is InChI=1S/C10H13NO2/c1-7-3-5-8(6-4-7)9(11-2)10(12)13/h3-6,9,11H,1-2H3,(H,12,13)/t9-/m0/s1. The molecule has 0 amide bonds. The molecular weight excluding hydrogens is 166 g/mol. The fourth-order valence-corrected chi connectivity index (χ4v) is 1.19. The zero-order valence-electron chi connectivity index (χ0n) is 7.74. The minimum atomic E-state index is -0.855. The number of aryl methyl sites for hydroxylation is 1. The van der Waals surface area contributed by atoms with E-state index in [0.29, 0.717) is 0 Å². The number of carbonyl (C=O) groups is 1. The summed E-state index contributed by atoms with van der Waals surface area (Å²) >= 11 is 0. The normalized spacial score (nSPS) is 12.5. The van der Waals surface area contributed by atoms with Gasteiger partial charge in [-0.25, -0.2) is 0 Å². The molecule has 0 aliphatic rings. The Morgan fingerprint density at radius 2 is 1.92 bits per heavy atom. The Morgan fingerprint density at radius 1 is 1.38 bits per heavy atom. The lowest BCUT2D eigenvalue weighted by atomic mass is 10.1. The van der Waals surface area contributed by atoms with Gasteiger partial charge in [0.1, 0.15) is 6.04 Å². The molecule has 1 aromatic rings. The zero-order chi connectivity index (χ0) is 9.84. The molecule has 0 aromatic heterocycles. The van der Waals surface area contributed by atoms with E-state index in [0.717, 1.165) is 11.1 Å². The largest absolute Gasteiger partial charge is 0.480 e. The van der Waals surface area contributed by atoms with E-state index in [2.05, 4.69) is 5.32 Å². The van der Waals surface area contributed by atoms with E-state index in [-0.39, 0.29) is 0 Å². The molecule has 0 bridgehead atoms. The third-order valence-corrected chi connectivity index (χ3v) is 1.95. The van der Waals surface area contributed by atoms with Crippen LogP contribution in [0.1, 0.15) is 17.2 Å². The smallest absolute Gasteiger partial charge is 0.325 e. The van der Waals surface area contributed by atoms with E-state index >= 15 is 0 Å². The van der Waals surface area contributed by atoms with Crippen molar-refractivity contribution in [1.29, 1.82) is 0 Å². The van der Waals surface area contributed by atoms with Crippen LogP contribution in [-0.2, 0) is 4.79 Å². The minimum absolute atomic E-state index is 0.611. The van der Waals surface area contributed by atoms with Crippen LogP contribution >= 0.6 is 0 Å². The second-order valence-corrected chi connectivity index (χ2v) is 2.97. The molecule has 2 N–H and O–H groups in total. The molecule has 0 fully saturated rings. The van der Waals surface area contributed by atoms with Crippen LogP contribution in [0.25, 0.3) is 0 Å². The van der Waals surface area contributed by atoms with Crippen LogP contribution in [0.4, 0.5) is 0 Å². The molecule has 0 saturated heterocycles. The monoisotopic (exact) mass is 179 g/mol. The first-order valence-electron chi connectivity index (χ1n) is 4.12. The number of likely N-dealkylation sites (N-methyl/N-ethyl adjacent to an activating group) is 1. The molecule has 0 heterocycles. The van der Waals surface area contributed by atoms with Crippen LogP contribution in [-0.4, -0.2) is 18.1 Å². The lowest BCUT2D eigenvalue weighted by Crippen LogP contribution is -2.24. The molecule has 3 heteroatoms. The molecule has 0 aliphatic heterocycles. The molecule has 0 saturated carbocycles. The Labute approximate surface area is 77.4 Å². The van der Waals surface area contributed by atoms with Crippen LogP contribution in [0, 0.1) is 6.92 Å². The van der Waals surface area contributed by atoms with Gasteiger partial charge in [0, 0.05) is 0 Å². The van der Waals surface area contributed by atoms with Gasteiger partial charge in [-0.05, 0) is 19.5 Å². The fraction of sp³-hybridized carbons (Fsp3) is 0.300. The van der Waals surface area contributed by atoms with Crippen molar-refractivity contribution >= 4 is 5.97 Å². The number of benzene rings is 1. The Hall–Kier alpha value is -1.35. The van der Waals surface area contributed by atoms with Gasteiger partial charge in [0.25, 0.3) is 0 Å². The van der Waals surface area contributed by atoms with E-state index < -0.39 is 12.0 Å². The maximum absolute atomic E-state index is 10.8. The predicted octanol–water partition coefficient (Wildman–Crippen LogP) is 1.34. The minimum Gasteiger partial charge on any atom is -0.480 e. The SMILES string of the molecule is CN[C@H](C(=O)O)c1ccc(C)cc1. The van der Waals surface area contributed by atoms with Gasteiger partial charge in [-0.1, -0.05) is 29.8 Å². The van der Waals surface area contributed by atoms with Crippen LogP contribution in [0.3, 0.4) is 0 Å². The topological polar surface area (TPSA) is 49.3 Å². The lowest BCUT2D eigenvalue weighted by Gasteiger charge is -2.11. The van der Waals surface area contributed by atoms with Gasteiger partial charge in [0.05, 0.1) is 0 Å². The van der Waals surface area contributed by atoms with Crippen molar-refractivity contribution in [2.24, 2.45) is 0 Å². The fourth-order valence-electron chi connectivity index (χ4n) is 1.19. The number of carboxylic acid groups (broad SMARTS) is 1.